The molecule has 1 atom stereocenters. The summed E-state index contributed by atoms with van der Waals surface area (Å²) >= 11 is 1.16. The van der Waals surface area contributed by atoms with Gasteiger partial charge in [-0.1, -0.05) is 23.5 Å². The maximum Gasteiger partial charge on any atom is 0.268 e. The van der Waals surface area contributed by atoms with Crippen LogP contribution in [0.3, 0.4) is 0 Å². The van der Waals surface area contributed by atoms with E-state index in [1.807, 2.05) is 30.9 Å². The van der Waals surface area contributed by atoms with Gasteiger partial charge in [-0.2, -0.15) is 0 Å². The first kappa shape index (κ1) is 18.7. The summed E-state index contributed by atoms with van der Waals surface area (Å²) in [7, 11) is 0. The number of likely N-dealkylation sites (tertiary alicyclic amines) is 1. The first-order valence-corrected chi connectivity index (χ1v) is 10.2. The van der Waals surface area contributed by atoms with Crippen LogP contribution >= 0.6 is 11.5 Å². The summed E-state index contributed by atoms with van der Waals surface area (Å²) in [4.78, 5) is 20.4. The minimum Gasteiger partial charge on any atom is -0.329 e. The molecule has 0 radical (unpaired) electrons. The molecule has 144 valence electrons. The summed E-state index contributed by atoms with van der Waals surface area (Å²) in [5.74, 6) is -0.270. The third-order valence-electron chi connectivity index (χ3n) is 5.09. The first-order valence-electron chi connectivity index (χ1n) is 9.43. The Hall–Kier alpha value is -2.67. The number of halogens is 1. The molecule has 1 unspecified atom stereocenters. The van der Waals surface area contributed by atoms with Gasteiger partial charge in [0, 0.05) is 12.2 Å². The number of carbonyl (C=O) groups excluding carboxylic acids is 1. The minimum absolute atomic E-state index is 0.0130. The van der Waals surface area contributed by atoms with E-state index in [1.54, 1.807) is 12.1 Å². The van der Waals surface area contributed by atoms with Gasteiger partial charge in [-0.25, -0.2) is 4.39 Å². The maximum atomic E-state index is 13.3. The number of pyridine rings is 1. The Bertz CT molecular complexity index is 1000. The second-order valence-electron chi connectivity index (χ2n) is 6.99. The van der Waals surface area contributed by atoms with E-state index < -0.39 is 0 Å². The van der Waals surface area contributed by atoms with E-state index in [0.29, 0.717) is 17.8 Å². The fraction of sp³-hybridized carbons (Fsp3) is 0.333. The summed E-state index contributed by atoms with van der Waals surface area (Å²) in [6.07, 6.45) is 2.50. The lowest BCUT2D eigenvalue weighted by molar-refractivity contribution is 0.0736. The number of rotatable bonds is 4. The Morgan fingerprint density at radius 1 is 1.25 bits per heavy atom. The zero-order chi connectivity index (χ0) is 19.7. The minimum atomic E-state index is -0.257. The second-order valence-corrected chi connectivity index (χ2v) is 7.74. The molecular weight excluding hydrogens is 375 g/mol. The molecule has 1 aromatic carbocycles. The molecule has 1 amide bonds. The van der Waals surface area contributed by atoms with E-state index in [1.165, 1.54) is 12.1 Å². The van der Waals surface area contributed by atoms with Crippen LogP contribution < -0.4 is 0 Å². The van der Waals surface area contributed by atoms with Crippen molar-refractivity contribution < 1.29 is 9.18 Å². The average molecular weight is 396 g/mol. The lowest BCUT2D eigenvalue weighted by Crippen LogP contribution is -2.31. The van der Waals surface area contributed by atoms with Crippen LogP contribution in [0.1, 0.15) is 52.6 Å². The van der Waals surface area contributed by atoms with Crippen molar-refractivity contribution in [1.82, 2.24) is 19.5 Å². The molecule has 5 nitrogen and oxygen atoms in total. The van der Waals surface area contributed by atoms with E-state index in [0.717, 1.165) is 52.6 Å². The van der Waals surface area contributed by atoms with Gasteiger partial charge in [-0.3, -0.25) is 9.78 Å². The zero-order valence-corrected chi connectivity index (χ0v) is 16.7. The highest BCUT2D eigenvalue weighted by molar-refractivity contribution is 7.08. The molecule has 1 saturated heterocycles. The molecule has 7 heteroatoms. The van der Waals surface area contributed by atoms with Crippen molar-refractivity contribution in [2.75, 3.05) is 6.54 Å². The third kappa shape index (κ3) is 3.54. The molecular formula is C21H21FN4OS. The monoisotopic (exact) mass is 396 g/mol. The van der Waals surface area contributed by atoms with Crippen molar-refractivity contribution in [3.63, 3.8) is 0 Å². The topological polar surface area (TPSA) is 59.0 Å². The fourth-order valence-corrected chi connectivity index (χ4v) is 4.43. The van der Waals surface area contributed by atoms with Crippen molar-refractivity contribution in [1.29, 1.82) is 0 Å². The Kier molecular flexibility index (Phi) is 5.17. The fourth-order valence-electron chi connectivity index (χ4n) is 3.72. The van der Waals surface area contributed by atoms with E-state index in [9.17, 15) is 9.18 Å². The predicted molar refractivity (Wildman–Crippen MR) is 107 cm³/mol. The number of nitrogens with zero attached hydrogens (tertiary/aromatic N) is 4. The summed E-state index contributed by atoms with van der Waals surface area (Å²) in [5.41, 5.74) is 4.43. The maximum absolute atomic E-state index is 13.3. The van der Waals surface area contributed by atoms with Crippen molar-refractivity contribution in [2.24, 2.45) is 0 Å². The lowest BCUT2D eigenvalue weighted by Gasteiger charge is -2.24. The summed E-state index contributed by atoms with van der Waals surface area (Å²) in [5, 5.41) is 4.07. The molecule has 1 aliphatic heterocycles. The van der Waals surface area contributed by atoms with Crippen LogP contribution in [0.2, 0.25) is 0 Å². The molecule has 4 rings (SSSR count). The van der Waals surface area contributed by atoms with E-state index in [-0.39, 0.29) is 17.8 Å². The van der Waals surface area contributed by atoms with Crippen molar-refractivity contribution in [3.8, 4) is 11.1 Å². The van der Waals surface area contributed by atoms with Crippen LogP contribution in [-0.2, 0) is 6.42 Å². The molecule has 0 bridgehead atoms. The van der Waals surface area contributed by atoms with Crippen molar-refractivity contribution in [2.45, 2.75) is 39.2 Å². The van der Waals surface area contributed by atoms with Crippen molar-refractivity contribution in [3.05, 3.63) is 64.2 Å². The molecule has 0 saturated carbocycles. The normalized spacial score (nSPS) is 16.5. The summed E-state index contributed by atoms with van der Waals surface area (Å²) < 4.78 is 17.2. The van der Waals surface area contributed by atoms with Gasteiger partial charge in [-0.05, 0) is 73.1 Å². The molecule has 28 heavy (non-hydrogen) atoms. The van der Waals surface area contributed by atoms with Gasteiger partial charge in [-0.15, -0.1) is 5.10 Å². The highest BCUT2D eigenvalue weighted by Crippen LogP contribution is 2.35. The number of carbonyl (C=O) groups is 1. The number of aryl methyl sites for hydroxylation is 2. The molecule has 0 spiro atoms. The van der Waals surface area contributed by atoms with Crippen LogP contribution in [0.25, 0.3) is 11.1 Å². The molecule has 1 fully saturated rings. The molecule has 2 aromatic heterocycles. The predicted octanol–water partition coefficient (Wildman–Crippen LogP) is 4.59. The zero-order valence-electron chi connectivity index (χ0n) is 15.9. The molecule has 3 heterocycles. The van der Waals surface area contributed by atoms with Crippen LogP contribution in [0.5, 0.6) is 0 Å². The SMILES string of the molecule is CCc1nnsc1C(=O)N1CCCC1c1cc(-c2ccc(F)cc2)cc(C)n1. The number of hydrogen-bond donors (Lipinski definition) is 0. The van der Waals surface area contributed by atoms with Gasteiger partial charge in [0.25, 0.3) is 5.91 Å². The number of benzene rings is 1. The molecule has 0 aliphatic carbocycles. The van der Waals surface area contributed by atoms with Crippen molar-refractivity contribution >= 4 is 17.4 Å². The highest BCUT2D eigenvalue weighted by atomic mass is 32.1. The smallest absolute Gasteiger partial charge is 0.268 e. The largest absolute Gasteiger partial charge is 0.329 e. The Morgan fingerprint density at radius 3 is 2.79 bits per heavy atom. The molecule has 0 N–H and O–H groups in total. The lowest BCUT2D eigenvalue weighted by atomic mass is 10.0. The standard InChI is InChI=1S/C21H21FN4OS/c1-3-17-20(28-25-24-17)21(27)26-10-4-5-19(26)18-12-15(11-13(2)23-18)14-6-8-16(22)9-7-14/h6-9,11-12,19H,3-5,10H2,1-2H3. The number of hydrogen-bond acceptors (Lipinski definition) is 5. The number of aromatic nitrogens is 3. The van der Waals surface area contributed by atoms with Crippen LogP contribution in [-0.4, -0.2) is 31.9 Å². The van der Waals surface area contributed by atoms with Gasteiger partial charge in [0.05, 0.1) is 17.4 Å². The van der Waals surface area contributed by atoms with Crippen LogP contribution in [0.4, 0.5) is 4.39 Å². The van der Waals surface area contributed by atoms with Gasteiger partial charge in [0.15, 0.2) is 0 Å². The molecule has 1 aliphatic rings. The van der Waals surface area contributed by atoms with E-state index in [4.69, 9.17) is 4.98 Å². The van der Waals surface area contributed by atoms with Gasteiger partial charge in [0.2, 0.25) is 0 Å². The highest BCUT2D eigenvalue weighted by Gasteiger charge is 2.33. The van der Waals surface area contributed by atoms with Gasteiger partial charge in [0.1, 0.15) is 10.7 Å². The van der Waals surface area contributed by atoms with Gasteiger partial charge >= 0.3 is 0 Å². The van der Waals surface area contributed by atoms with Gasteiger partial charge < -0.3 is 4.90 Å². The Morgan fingerprint density at radius 2 is 2.04 bits per heavy atom. The Balaban J connectivity index is 1.68. The van der Waals surface area contributed by atoms with Crippen LogP contribution in [0, 0.1) is 12.7 Å². The summed E-state index contributed by atoms with van der Waals surface area (Å²) in [6.45, 7) is 4.62. The van der Waals surface area contributed by atoms with Crippen LogP contribution in [0.15, 0.2) is 36.4 Å². The average Bonchev–Trinajstić information content (AvgIpc) is 3.37. The molecule has 3 aromatic rings. The quantitative estimate of drug-likeness (QED) is 0.647. The summed E-state index contributed by atoms with van der Waals surface area (Å²) in [6, 6.07) is 10.4. The number of amides is 1. The van der Waals surface area contributed by atoms with E-state index >= 15 is 0 Å². The first-order chi connectivity index (χ1) is 13.6. The second kappa shape index (κ2) is 7.75. The van der Waals surface area contributed by atoms with E-state index in [2.05, 4.69) is 9.59 Å². The Labute approximate surface area is 167 Å². The third-order valence-corrected chi connectivity index (χ3v) is 5.85.